The summed E-state index contributed by atoms with van der Waals surface area (Å²) in [6, 6.07) is 16.3. The van der Waals surface area contributed by atoms with Gasteiger partial charge >= 0.3 is 0 Å². The Balaban J connectivity index is 2.07. The number of amides is 1. The molecule has 34 heavy (non-hydrogen) atoms. The lowest BCUT2D eigenvalue weighted by Gasteiger charge is -2.14. The topological polar surface area (TPSA) is 92.4 Å². The van der Waals surface area contributed by atoms with Gasteiger partial charge in [-0.2, -0.15) is 0 Å². The Kier molecular flexibility index (Phi) is 6.49. The lowest BCUT2D eigenvalue weighted by atomic mass is 9.97. The van der Waals surface area contributed by atoms with Crippen LogP contribution in [0.25, 0.3) is 33.5 Å². The van der Waals surface area contributed by atoms with Gasteiger partial charge < -0.3 is 14.8 Å². The Hall–Kier alpha value is -3.19. The van der Waals surface area contributed by atoms with Crippen LogP contribution in [-0.2, 0) is 4.79 Å². The van der Waals surface area contributed by atoms with Crippen LogP contribution < -0.4 is 5.32 Å². The summed E-state index contributed by atoms with van der Waals surface area (Å²) in [6.45, 7) is 4.41. The minimum atomic E-state index is -1.72. The number of hydrogen-bond acceptors (Lipinski definition) is 5. The highest BCUT2D eigenvalue weighted by Crippen LogP contribution is 2.41. The zero-order chi connectivity index (χ0) is 24.6. The normalized spacial score (nSPS) is 11.6. The summed E-state index contributed by atoms with van der Waals surface area (Å²) in [4.78, 5) is 30.0. The molecule has 4 aromatic rings. The van der Waals surface area contributed by atoms with E-state index in [4.69, 9.17) is 32.6 Å². The standard InChI is InChI=1S/C26H22Cl2N2O4/c1-4-20(31)29-22-18-13-17(14-9-11-15(27)12-10-14)21(16-7-5-6-8-19(16)28)30-25(18)34-23(22)24(32)26(2,3)33/h5-13,33H,4H2,1-3H3,(H,29,31). The van der Waals surface area contributed by atoms with Crippen molar-refractivity contribution < 1.29 is 19.1 Å². The van der Waals surface area contributed by atoms with Gasteiger partial charge in [0.25, 0.3) is 0 Å². The monoisotopic (exact) mass is 496 g/mol. The third-order valence-corrected chi connectivity index (χ3v) is 5.90. The van der Waals surface area contributed by atoms with Crippen LogP contribution in [0, 0.1) is 0 Å². The third-order valence-electron chi connectivity index (χ3n) is 5.31. The first-order valence-electron chi connectivity index (χ1n) is 10.7. The molecule has 174 valence electrons. The van der Waals surface area contributed by atoms with Gasteiger partial charge in [-0.15, -0.1) is 0 Å². The molecule has 0 bridgehead atoms. The minimum absolute atomic E-state index is 0.131. The summed E-state index contributed by atoms with van der Waals surface area (Å²) < 4.78 is 5.85. The number of nitrogens with zero attached hydrogens (tertiary/aromatic N) is 1. The number of aliphatic hydroxyl groups is 1. The average molecular weight is 497 g/mol. The molecular formula is C26H22Cl2N2O4. The molecule has 0 aliphatic rings. The predicted octanol–water partition coefficient (Wildman–Crippen LogP) is 6.77. The van der Waals surface area contributed by atoms with Gasteiger partial charge in [-0.25, -0.2) is 4.98 Å². The molecule has 0 fully saturated rings. The molecule has 2 N–H and O–H groups in total. The van der Waals surface area contributed by atoms with Crippen molar-refractivity contribution in [1.82, 2.24) is 4.98 Å². The van der Waals surface area contributed by atoms with Gasteiger partial charge in [0.05, 0.1) is 11.1 Å². The molecule has 0 saturated carbocycles. The number of furan rings is 1. The van der Waals surface area contributed by atoms with Gasteiger partial charge in [-0.05, 0) is 43.7 Å². The van der Waals surface area contributed by atoms with E-state index in [1.807, 2.05) is 30.3 Å². The highest BCUT2D eigenvalue weighted by atomic mass is 35.5. The van der Waals surface area contributed by atoms with E-state index in [0.29, 0.717) is 32.3 Å². The summed E-state index contributed by atoms with van der Waals surface area (Å²) in [7, 11) is 0. The number of aromatic nitrogens is 1. The predicted molar refractivity (Wildman–Crippen MR) is 134 cm³/mol. The summed E-state index contributed by atoms with van der Waals surface area (Å²) in [5, 5.41) is 14.6. The van der Waals surface area contributed by atoms with E-state index in [0.717, 1.165) is 5.56 Å². The van der Waals surface area contributed by atoms with Gasteiger partial charge in [-0.1, -0.05) is 60.5 Å². The summed E-state index contributed by atoms with van der Waals surface area (Å²) in [6.07, 6.45) is 0.192. The first-order valence-corrected chi connectivity index (χ1v) is 11.4. The summed E-state index contributed by atoms with van der Waals surface area (Å²) in [5.41, 5.74) is 1.29. The molecule has 0 aliphatic carbocycles. The zero-order valence-electron chi connectivity index (χ0n) is 18.8. The number of anilines is 1. The molecule has 0 spiro atoms. The van der Waals surface area contributed by atoms with Crippen LogP contribution in [0.15, 0.2) is 59.0 Å². The highest BCUT2D eigenvalue weighted by Gasteiger charge is 2.33. The Labute approximate surface area is 206 Å². The number of fused-ring (bicyclic) bond motifs is 1. The van der Waals surface area contributed by atoms with Gasteiger partial charge in [0.2, 0.25) is 17.4 Å². The van der Waals surface area contributed by atoms with Gasteiger partial charge in [0.1, 0.15) is 11.3 Å². The maximum absolute atomic E-state index is 13.0. The lowest BCUT2D eigenvalue weighted by Crippen LogP contribution is -2.31. The van der Waals surface area contributed by atoms with E-state index < -0.39 is 11.4 Å². The number of halogens is 2. The molecule has 0 radical (unpaired) electrons. The molecule has 2 aromatic carbocycles. The van der Waals surface area contributed by atoms with Crippen LogP contribution >= 0.6 is 23.2 Å². The number of hydrogen-bond donors (Lipinski definition) is 2. The number of ketones is 1. The first-order chi connectivity index (χ1) is 16.1. The van der Waals surface area contributed by atoms with Crippen molar-refractivity contribution in [3.8, 4) is 22.4 Å². The maximum atomic E-state index is 13.0. The highest BCUT2D eigenvalue weighted by molar-refractivity contribution is 6.33. The molecule has 2 heterocycles. The van der Waals surface area contributed by atoms with Crippen molar-refractivity contribution in [3.63, 3.8) is 0 Å². The van der Waals surface area contributed by atoms with Crippen LogP contribution in [0.1, 0.15) is 37.7 Å². The van der Waals surface area contributed by atoms with Gasteiger partial charge in [-0.3, -0.25) is 9.59 Å². The smallest absolute Gasteiger partial charge is 0.231 e. The van der Waals surface area contributed by atoms with Crippen LogP contribution in [0.3, 0.4) is 0 Å². The Morgan fingerprint density at radius 1 is 1.06 bits per heavy atom. The van der Waals surface area contributed by atoms with E-state index in [2.05, 4.69) is 5.32 Å². The van der Waals surface area contributed by atoms with Crippen molar-refractivity contribution in [3.05, 3.63) is 70.4 Å². The molecule has 8 heteroatoms. The fraction of sp³-hybridized carbons (Fsp3) is 0.192. The second-order valence-corrected chi connectivity index (χ2v) is 9.16. The molecule has 0 atom stereocenters. The van der Waals surface area contributed by atoms with Gasteiger partial charge in [0, 0.05) is 27.6 Å². The molecule has 0 saturated heterocycles. The molecule has 0 unspecified atom stereocenters. The second kappa shape index (κ2) is 9.22. The van der Waals surface area contributed by atoms with E-state index >= 15 is 0 Å². The number of carbonyl (C=O) groups is 2. The van der Waals surface area contributed by atoms with Crippen LogP contribution in [-0.4, -0.2) is 27.4 Å². The first kappa shape index (κ1) is 24.0. The SMILES string of the molecule is CCC(=O)Nc1c(C(=O)C(C)(C)O)oc2nc(-c3ccccc3Cl)c(-c3ccc(Cl)cc3)cc12. The molecule has 1 amide bonds. The van der Waals surface area contributed by atoms with Gasteiger partial charge in [0.15, 0.2) is 5.76 Å². The quantitative estimate of drug-likeness (QED) is 0.287. The number of Topliss-reactive ketones (excluding diaryl/α,β-unsaturated/α-hetero) is 1. The second-order valence-electron chi connectivity index (χ2n) is 8.32. The van der Waals surface area contributed by atoms with Crippen molar-refractivity contribution >= 4 is 51.7 Å². The van der Waals surface area contributed by atoms with Crippen molar-refractivity contribution in [2.75, 3.05) is 5.32 Å². The Bertz CT molecular complexity index is 1400. The fourth-order valence-corrected chi connectivity index (χ4v) is 3.87. The Morgan fingerprint density at radius 3 is 2.35 bits per heavy atom. The van der Waals surface area contributed by atoms with E-state index in [-0.39, 0.29) is 29.5 Å². The van der Waals surface area contributed by atoms with Crippen LogP contribution in [0.4, 0.5) is 5.69 Å². The van der Waals surface area contributed by atoms with Crippen molar-refractivity contribution in [1.29, 1.82) is 0 Å². The van der Waals surface area contributed by atoms with E-state index in [1.54, 1.807) is 31.2 Å². The summed E-state index contributed by atoms with van der Waals surface area (Å²) in [5.74, 6) is -1.16. The maximum Gasteiger partial charge on any atom is 0.231 e. The minimum Gasteiger partial charge on any atom is -0.432 e. The molecule has 6 nitrogen and oxygen atoms in total. The van der Waals surface area contributed by atoms with Crippen LogP contribution in [0.2, 0.25) is 10.0 Å². The number of benzene rings is 2. The lowest BCUT2D eigenvalue weighted by molar-refractivity contribution is -0.115. The molecular weight excluding hydrogens is 475 g/mol. The summed E-state index contributed by atoms with van der Waals surface area (Å²) >= 11 is 12.6. The average Bonchev–Trinajstić information content (AvgIpc) is 3.15. The molecule has 4 rings (SSSR count). The number of rotatable bonds is 6. The third kappa shape index (κ3) is 4.57. The number of pyridine rings is 1. The van der Waals surface area contributed by atoms with Crippen LogP contribution in [0.5, 0.6) is 0 Å². The fourth-order valence-electron chi connectivity index (χ4n) is 3.52. The van der Waals surface area contributed by atoms with E-state index in [1.165, 1.54) is 13.8 Å². The van der Waals surface area contributed by atoms with E-state index in [9.17, 15) is 14.7 Å². The molecule has 0 aliphatic heterocycles. The number of nitrogens with one attached hydrogen (secondary N) is 1. The van der Waals surface area contributed by atoms with Crippen molar-refractivity contribution in [2.45, 2.75) is 32.8 Å². The zero-order valence-corrected chi connectivity index (χ0v) is 20.3. The molecule has 2 aromatic heterocycles. The Morgan fingerprint density at radius 2 is 1.74 bits per heavy atom. The van der Waals surface area contributed by atoms with Crippen molar-refractivity contribution in [2.24, 2.45) is 0 Å². The largest absolute Gasteiger partial charge is 0.432 e. The number of carbonyl (C=O) groups excluding carboxylic acids is 2.